The van der Waals surface area contributed by atoms with Crippen molar-refractivity contribution in [1.82, 2.24) is 16.0 Å². The molecule has 0 aromatic carbocycles. The molecule has 1 rings (SSSR count). The van der Waals surface area contributed by atoms with Crippen LogP contribution in [0.5, 0.6) is 0 Å². The minimum atomic E-state index is -1.32. The van der Waals surface area contributed by atoms with Crippen molar-refractivity contribution in [3.63, 3.8) is 0 Å². The maximum absolute atomic E-state index is 13.3. The molecule has 3 amide bonds. The van der Waals surface area contributed by atoms with Gasteiger partial charge in [0, 0.05) is 39.1 Å². The zero-order valence-corrected chi connectivity index (χ0v) is 32.1. The number of Topliss-reactive ketones (excluding diaryl/α,β-unsaturated/α-hetero) is 1. The second-order valence-corrected chi connectivity index (χ2v) is 13.7. The maximum atomic E-state index is 13.3. The lowest BCUT2D eigenvalue weighted by Gasteiger charge is -2.21. The Morgan fingerprint density at radius 3 is 1.58 bits per heavy atom. The maximum Gasteiger partial charge on any atom is 0.326 e. The SMILES string of the molecule is O=[C]COCC(=O)NCCCOCCOCCOCCCNC(=O)C1C[C@@H](C(=O)O)NC(=O)CCCCCCCCCCCCCCCCCCC1=O. The molecule has 0 bridgehead atoms. The molecule has 14 heteroatoms. The van der Waals surface area contributed by atoms with Crippen LogP contribution in [0.2, 0.25) is 0 Å². The lowest BCUT2D eigenvalue weighted by molar-refractivity contribution is -0.143. The summed E-state index contributed by atoms with van der Waals surface area (Å²) in [6, 6.07) is -1.32. The van der Waals surface area contributed by atoms with Crippen LogP contribution < -0.4 is 16.0 Å². The van der Waals surface area contributed by atoms with Gasteiger partial charge >= 0.3 is 5.97 Å². The second kappa shape index (κ2) is 34.8. The molecule has 53 heavy (non-hydrogen) atoms. The van der Waals surface area contributed by atoms with E-state index in [1.165, 1.54) is 51.4 Å². The number of aliphatic carboxylic acids is 1. The molecule has 14 nitrogen and oxygen atoms in total. The summed E-state index contributed by atoms with van der Waals surface area (Å²) in [6.07, 6.45) is 20.3. The minimum absolute atomic E-state index is 0.181. The standard InChI is InChI=1S/C39H68N3O11/c43-23-26-53-32-37(46)40-21-17-24-50-27-29-52-30-28-51-25-18-22-41-38(47)33-31-34(39(48)49)42-36(45)20-16-14-12-10-8-6-4-2-1-3-5-7-9-11-13-15-19-35(33)44/h33-34H,1-22,24-32H2,(H,40,46)(H,41,47)(H,42,45)(H,48,49)/t33?,34-/m0/s1. The smallest absolute Gasteiger partial charge is 0.326 e. The molecular weight excluding hydrogens is 686 g/mol. The van der Waals surface area contributed by atoms with E-state index >= 15 is 0 Å². The Morgan fingerprint density at radius 1 is 0.642 bits per heavy atom. The van der Waals surface area contributed by atoms with Crippen molar-refractivity contribution in [3.8, 4) is 0 Å². The lowest BCUT2D eigenvalue weighted by atomic mass is 9.91. The Bertz CT molecular complexity index is 998. The van der Waals surface area contributed by atoms with Crippen LogP contribution in [0.4, 0.5) is 0 Å². The van der Waals surface area contributed by atoms with Crippen LogP contribution in [0.15, 0.2) is 0 Å². The van der Waals surface area contributed by atoms with Crippen LogP contribution >= 0.6 is 0 Å². The van der Waals surface area contributed by atoms with Gasteiger partial charge < -0.3 is 40.0 Å². The first-order valence-electron chi connectivity index (χ1n) is 20.1. The van der Waals surface area contributed by atoms with Crippen LogP contribution in [0.1, 0.15) is 135 Å². The van der Waals surface area contributed by atoms with E-state index in [9.17, 15) is 33.9 Å². The summed E-state index contributed by atoms with van der Waals surface area (Å²) < 4.78 is 21.3. The molecule has 2 atom stereocenters. The predicted octanol–water partition coefficient (Wildman–Crippen LogP) is 4.36. The van der Waals surface area contributed by atoms with Crippen molar-refractivity contribution >= 4 is 35.8 Å². The van der Waals surface area contributed by atoms with Crippen molar-refractivity contribution in [3.05, 3.63) is 0 Å². The first-order valence-corrected chi connectivity index (χ1v) is 20.1. The summed E-state index contributed by atoms with van der Waals surface area (Å²) in [5.74, 6) is -3.91. The van der Waals surface area contributed by atoms with Gasteiger partial charge in [0.2, 0.25) is 24.0 Å². The van der Waals surface area contributed by atoms with Crippen LogP contribution in [0, 0.1) is 5.92 Å². The monoisotopic (exact) mass is 754 g/mol. The van der Waals surface area contributed by atoms with Gasteiger partial charge in [0.1, 0.15) is 25.0 Å². The Morgan fingerprint density at radius 2 is 1.09 bits per heavy atom. The minimum Gasteiger partial charge on any atom is -0.480 e. The predicted molar refractivity (Wildman–Crippen MR) is 200 cm³/mol. The largest absolute Gasteiger partial charge is 0.480 e. The molecule has 0 aromatic heterocycles. The van der Waals surface area contributed by atoms with Crippen molar-refractivity contribution < 1.29 is 52.8 Å². The number of carbonyl (C=O) groups is 5. The molecule has 1 saturated heterocycles. The highest BCUT2D eigenvalue weighted by Crippen LogP contribution is 2.18. The summed E-state index contributed by atoms with van der Waals surface area (Å²) in [5.41, 5.74) is 0. The molecule has 1 radical (unpaired) electrons. The average molecular weight is 755 g/mol. The highest BCUT2D eigenvalue weighted by Gasteiger charge is 2.32. The van der Waals surface area contributed by atoms with Crippen LogP contribution in [-0.2, 0) is 47.7 Å². The Balaban J connectivity index is 2.40. The summed E-state index contributed by atoms with van der Waals surface area (Å²) in [7, 11) is 0. The number of carboxylic acids is 1. The number of hydrogen-bond donors (Lipinski definition) is 4. The van der Waals surface area contributed by atoms with Crippen LogP contribution in [0.25, 0.3) is 0 Å². The van der Waals surface area contributed by atoms with E-state index in [2.05, 4.69) is 16.0 Å². The van der Waals surface area contributed by atoms with E-state index in [1.807, 2.05) is 0 Å². The molecule has 305 valence electrons. The molecule has 1 heterocycles. The van der Waals surface area contributed by atoms with E-state index in [0.29, 0.717) is 71.9 Å². The number of rotatable bonds is 20. The first-order chi connectivity index (χ1) is 25.8. The molecule has 0 spiro atoms. The van der Waals surface area contributed by atoms with Gasteiger partial charge in [-0.15, -0.1) is 0 Å². The van der Waals surface area contributed by atoms with Crippen molar-refractivity contribution in [2.75, 3.05) is 65.9 Å². The zero-order valence-electron chi connectivity index (χ0n) is 32.1. The third kappa shape index (κ3) is 29.1. The molecule has 4 N–H and O–H groups in total. The molecule has 1 aliphatic rings. The zero-order chi connectivity index (χ0) is 38.6. The number of ketones is 1. The molecule has 1 unspecified atom stereocenters. The third-order valence-electron chi connectivity index (χ3n) is 9.08. The van der Waals surface area contributed by atoms with Crippen molar-refractivity contribution in [2.24, 2.45) is 5.92 Å². The van der Waals surface area contributed by atoms with E-state index in [4.69, 9.17) is 18.9 Å². The van der Waals surface area contributed by atoms with Gasteiger partial charge in [-0.05, 0) is 32.1 Å². The van der Waals surface area contributed by atoms with Gasteiger partial charge in [0.05, 0.1) is 32.3 Å². The summed E-state index contributed by atoms with van der Waals surface area (Å²) in [4.78, 5) is 72.7. The average Bonchev–Trinajstić information content (AvgIpc) is 3.13. The van der Waals surface area contributed by atoms with Gasteiger partial charge in [0.15, 0.2) is 0 Å². The van der Waals surface area contributed by atoms with E-state index in [1.54, 1.807) is 6.29 Å². The number of hydrogen-bond acceptors (Lipinski definition) is 10. The van der Waals surface area contributed by atoms with Gasteiger partial charge in [-0.1, -0.05) is 89.9 Å². The summed E-state index contributed by atoms with van der Waals surface area (Å²) in [5, 5.41) is 17.9. The van der Waals surface area contributed by atoms with Crippen molar-refractivity contribution in [1.29, 1.82) is 0 Å². The number of amides is 3. The molecule has 0 saturated carbocycles. The quantitative estimate of drug-likeness (QED) is 0.102. The number of carbonyl (C=O) groups excluding carboxylic acids is 5. The van der Waals surface area contributed by atoms with Gasteiger partial charge in [-0.25, -0.2) is 4.79 Å². The fourth-order valence-corrected chi connectivity index (χ4v) is 6.03. The Labute approximate surface area is 316 Å². The van der Waals surface area contributed by atoms with E-state index < -0.39 is 23.8 Å². The summed E-state index contributed by atoms with van der Waals surface area (Å²) >= 11 is 0. The Kier molecular flexibility index (Phi) is 31.6. The molecule has 1 fully saturated rings. The fraction of sp³-hybridized carbons (Fsp3) is 0.846. The van der Waals surface area contributed by atoms with E-state index in [0.717, 1.165) is 38.5 Å². The molecule has 0 aromatic rings. The number of ether oxygens (including phenoxy) is 4. The van der Waals surface area contributed by atoms with E-state index in [-0.39, 0.29) is 56.6 Å². The second-order valence-electron chi connectivity index (χ2n) is 13.7. The lowest BCUT2D eigenvalue weighted by Crippen LogP contribution is -2.46. The Hall–Kier alpha value is -2.94. The third-order valence-corrected chi connectivity index (χ3v) is 9.08. The van der Waals surface area contributed by atoms with Crippen LogP contribution in [0.3, 0.4) is 0 Å². The fourth-order valence-electron chi connectivity index (χ4n) is 6.03. The van der Waals surface area contributed by atoms with Gasteiger partial charge in [0.25, 0.3) is 0 Å². The molecule has 1 aliphatic heterocycles. The normalized spacial score (nSPS) is 19.7. The number of nitrogens with one attached hydrogen (secondary N) is 3. The number of carboxylic acid groups (broad SMARTS) is 1. The molecule has 0 aliphatic carbocycles. The summed E-state index contributed by atoms with van der Waals surface area (Å²) in [6.45, 7) is 2.58. The van der Waals surface area contributed by atoms with Crippen molar-refractivity contribution in [2.45, 2.75) is 141 Å². The topological polar surface area (TPSA) is 196 Å². The highest BCUT2D eigenvalue weighted by molar-refractivity contribution is 6.02. The molecular formula is C39H68N3O11. The highest BCUT2D eigenvalue weighted by atomic mass is 16.5. The van der Waals surface area contributed by atoms with Gasteiger partial charge in [-0.3, -0.25) is 24.0 Å². The van der Waals surface area contributed by atoms with Crippen LogP contribution in [-0.4, -0.2) is 113 Å². The first kappa shape index (κ1) is 48.1. The van der Waals surface area contributed by atoms with Gasteiger partial charge in [-0.2, -0.15) is 0 Å².